The first-order chi connectivity index (χ1) is 18.1. The van der Waals surface area contributed by atoms with Gasteiger partial charge in [0.15, 0.2) is 5.82 Å². The summed E-state index contributed by atoms with van der Waals surface area (Å²) in [5, 5.41) is 13.6. The standard InChI is InChI=1S/C30H32N6O/c1-3-23-13-14-28-26(17-23)18-27(30(37)31-28)20-35(19-25-11-9-22(2)10-12-25)21-29-32-33-34-36(29)16-15-24-7-5-4-6-8-24/h4-14,17-18H,3,15-16,19-21H2,1-2H3,(H,31,37). The molecule has 0 spiro atoms. The summed E-state index contributed by atoms with van der Waals surface area (Å²) >= 11 is 0. The summed E-state index contributed by atoms with van der Waals surface area (Å²) < 4.78 is 1.87. The van der Waals surface area contributed by atoms with Gasteiger partial charge in [0.25, 0.3) is 5.56 Å². The van der Waals surface area contributed by atoms with Crippen molar-refractivity contribution in [3.63, 3.8) is 0 Å². The van der Waals surface area contributed by atoms with E-state index in [1.807, 2.05) is 35.0 Å². The minimum Gasteiger partial charge on any atom is -0.322 e. The number of hydrogen-bond donors (Lipinski definition) is 1. The molecule has 37 heavy (non-hydrogen) atoms. The molecule has 0 saturated heterocycles. The Morgan fingerprint density at radius 1 is 0.865 bits per heavy atom. The molecule has 0 saturated carbocycles. The van der Waals surface area contributed by atoms with Crippen molar-refractivity contribution >= 4 is 10.9 Å². The smallest absolute Gasteiger partial charge is 0.252 e. The van der Waals surface area contributed by atoms with Gasteiger partial charge in [0.05, 0.1) is 6.54 Å². The van der Waals surface area contributed by atoms with E-state index in [0.717, 1.165) is 35.1 Å². The normalized spacial score (nSPS) is 11.4. The molecule has 0 amide bonds. The molecule has 7 heteroatoms. The Bertz CT molecular complexity index is 1520. The number of aromatic amines is 1. The number of pyridine rings is 1. The Balaban J connectivity index is 1.41. The first-order valence-electron chi connectivity index (χ1n) is 12.8. The number of rotatable bonds is 10. The predicted molar refractivity (Wildman–Crippen MR) is 146 cm³/mol. The zero-order valence-corrected chi connectivity index (χ0v) is 21.4. The van der Waals surface area contributed by atoms with Crippen molar-refractivity contribution in [2.24, 2.45) is 0 Å². The summed E-state index contributed by atoms with van der Waals surface area (Å²) in [7, 11) is 0. The molecule has 2 heterocycles. The maximum atomic E-state index is 13.0. The molecular formula is C30H32N6O. The van der Waals surface area contributed by atoms with Gasteiger partial charge in [-0.1, -0.05) is 73.2 Å². The summed E-state index contributed by atoms with van der Waals surface area (Å²) in [6.07, 6.45) is 1.80. The van der Waals surface area contributed by atoms with Crippen LogP contribution in [-0.4, -0.2) is 30.1 Å². The average Bonchev–Trinajstić information content (AvgIpc) is 3.36. The number of nitrogens with zero attached hydrogens (tertiary/aromatic N) is 5. The molecule has 0 aliphatic carbocycles. The lowest BCUT2D eigenvalue weighted by molar-refractivity contribution is 0.235. The minimum absolute atomic E-state index is 0.0608. The van der Waals surface area contributed by atoms with Crippen molar-refractivity contribution in [2.45, 2.75) is 52.9 Å². The second kappa shape index (κ2) is 11.3. The highest BCUT2D eigenvalue weighted by Gasteiger charge is 2.16. The van der Waals surface area contributed by atoms with Crippen LogP contribution < -0.4 is 5.56 Å². The first kappa shape index (κ1) is 24.6. The highest BCUT2D eigenvalue weighted by atomic mass is 16.1. The third kappa shape index (κ3) is 6.19. The molecule has 1 N–H and O–H groups in total. The maximum Gasteiger partial charge on any atom is 0.252 e. The molecule has 0 unspecified atom stereocenters. The van der Waals surface area contributed by atoms with Gasteiger partial charge in [-0.3, -0.25) is 9.69 Å². The lowest BCUT2D eigenvalue weighted by Gasteiger charge is -2.22. The van der Waals surface area contributed by atoms with E-state index in [2.05, 4.69) is 87.8 Å². The van der Waals surface area contributed by atoms with Gasteiger partial charge in [0.2, 0.25) is 0 Å². The molecule has 5 rings (SSSR count). The van der Waals surface area contributed by atoms with E-state index in [-0.39, 0.29) is 5.56 Å². The lowest BCUT2D eigenvalue weighted by Crippen LogP contribution is -2.28. The molecule has 3 aromatic carbocycles. The lowest BCUT2D eigenvalue weighted by atomic mass is 10.1. The Hall–Kier alpha value is -4.10. The fourth-order valence-corrected chi connectivity index (χ4v) is 4.59. The number of fused-ring (bicyclic) bond motifs is 1. The second-order valence-corrected chi connectivity index (χ2v) is 9.58. The fraction of sp³-hybridized carbons (Fsp3) is 0.267. The van der Waals surface area contributed by atoms with Crippen LogP contribution in [0, 0.1) is 6.92 Å². The van der Waals surface area contributed by atoms with Crippen molar-refractivity contribution < 1.29 is 0 Å². The van der Waals surface area contributed by atoms with Gasteiger partial charge in [0, 0.05) is 30.7 Å². The van der Waals surface area contributed by atoms with Crippen molar-refractivity contribution in [3.05, 3.63) is 123 Å². The Morgan fingerprint density at radius 3 is 2.43 bits per heavy atom. The minimum atomic E-state index is -0.0608. The van der Waals surface area contributed by atoms with Crippen molar-refractivity contribution in [3.8, 4) is 0 Å². The van der Waals surface area contributed by atoms with Crippen LogP contribution >= 0.6 is 0 Å². The molecule has 188 valence electrons. The van der Waals surface area contributed by atoms with E-state index in [0.29, 0.717) is 26.2 Å². The highest BCUT2D eigenvalue weighted by Crippen LogP contribution is 2.17. The van der Waals surface area contributed by atoms with Gasteiger partial charge in [-0.2, -0.15) is 0 Å². The molecule has 0 atom stereocenters. The molecule has 0 aliphatic heterocycles. The molecule has 0 bridgehead atoms. The first-order valence-corrected chi connectivity index (χ1v) is 12.8. The number of H-pyrrole nitrogens is 1. The van der Waals surface area contributed by atoms with Crippen molar-refractivity contribution in [1.29, 1.82) is 0 Å². The van der Waals surface area contributed by atoms with Crippen LogP contribution in [0.25, 0.3) is 10.9 Å². The molecule has 7 nitrogen and oxygen atoms in total. The third-order valence-electron chi connectivity index (χ3n) is 6.74. The fourth-order valence-electron chi connectivity index (χ4n) is 4.59. The third-order valence-corrected chi connectivity index (χ3v) is 6.74. The SMILES string of the molecule is CCc1ccc2[nH]c(=O)c(CN(Cc3ccc(C)cc3)Cc3nnnn3CCc3ccccc3)cc2c1. The van der Waals surface area contributed by atoms with Crippen LogP contribution in [0.15, 0.2) is 83.7 Å². The summed E-state index contributed by atoms with van der Waals surface area (Å²) in [5.41, 5.74) is 6.43. The Labute approximate surface area is 216 Å². The van der Waals surface area contributed by atoms with Crippen LogP contribution in [0.4, 0.5) is 0 Å². The zero-order valence-electron chi connectivity index (χ0n) is 21.4. The van der Waals surface area contributed by atoms with Gasteiger partial charge < -0.3 is 4.98 Å². The van der Waals surface area contributed by atoms with Crippen molar-refractivity contribution in [1.82, 2.24) is 30.1 Å². The topological polar surface area (TPSA) is 79.7 Å². The van der Waals surface area contributed by atoms with E-state index < -0.39 is 0 Å². The summed E-state index contributed by atoms with van der Waals surface area (Å²) in [4.78, 5) is 18.3. The quantitative estimate of drug-likeness (QED) is 0.302. The number of aromatic nitrogens is 5. The number of tetrazole rings is 1. The van der Waals surface area contributed by atoms with Crippen LogP contribution in [-0.2, 0) is 39.0 Å². The maximum absolute atomic E-state index is 13.0. The summed E-state index contributed by atoms with van der Waals surface area (Å²) in [6, 6.07) is 27.1. The van der Waals surface area contributed by atoms with Gasteiger partial charge >= 0.3 is 0 Å². The second-order valence-electron chi connectivity index (χ2n) is 9.58. The van der Waals surface area contributed by atoms with Crippen LogP contribution in [0.2, 0.25) is 0 Å². The summed E-state index contributed by atoms with van der Waals surface area (Å²) in [5.74, 6) is 0.786. The van der Waals surface area contributed by atoms with Crippen LogP contribution in [0.3, 0.4) is 0 Å². The molecule has 5 aromatic rings. The molecular weight excluding hydrogens is 460 g/mol. The van der Waals surface area contributed by atoms with E-state index >= 15 is 0 Å². The van der Waals surface area contributed by atoms with E-state index in [4.69, 9.17) is 0 Å². The largest absolute Gasteiger partial charge is 0.322 e. The van der Waals surface area contributed by atoms with Gasteiger partial charge in [0.1, 0.15) is 0 Å². The molecule has 0 radical (unpaired) electrons. The van der Waals surface area contributed by atoms with E-state index in [1.165, 1.54) is 22.3 Å². The van der Waals surface area contributed by atoms with Gasteiger partial charge in [-0.25, -0.2) is 4.68 Å². The average molecular weight is 493 g/mol. The highest BCUT2D eigenvalue weighted by molar-refractivity contribution is 5.79. The van der Waals surface area contributed by atoms with Crippen LogP contribution in [0.5, 0.6) is 0 Å². The number of hydrogen-bond acceptors (Lipinski definition) is 5. The Morgan fingerprint density at radius 2 is 1.65 bits per heavy atom. The van der Waals surface area contributed by atoms with Crippen LogP contribution in [0.1, 0.15) is 40.6 Å². The summed E-state index contributed by atoms with van der Waals surface area (Å²) in [6.45, 7) is 6.61. The molecule has 0 aliphatic rings. The number of benzene rings is 3. The number of aryl methyl sites for hydroxylation is 4. The van der Waals surface area contributed by atoms with Gasteiger partial charge in [-0.05, 0) is 70.5 Å². The Kier molecular flexibility index (Phi) is 7.51. The van der Waals surface area contributed by atoms with Crippen molar-refractivity contribution in [2.75, 3.05) is 0 Å². The molecule has 0 fully saturated rings. The van der Waals surface area contributed by atoms with E-state index in [1.54, 1.807) is 0 Å². The zero-order chi connectivity index (χ0) is 25.6. The predicted octanol–water partition coefficient (Wildman–Crippen LogP) is 4.83. The van der Waals surface area contributed by atoms with Gasteiger partial charge in [-0.15, -0.1) is 5.10 Å². The monoisotopic (exact) mass is 492 g/mol. The molecule has 2 aromatic heterocycles. The number of nitrogens with one attached hydrogen (secondary N) is 1. The van der Waals surface area contributed by atoms with E-state index in [9.17, 15) is 4.79 Å².